The van der Waals surface area contributed by atoms with Crippen molar-refractivity contribution in [3.8, 4) is 17.0 Å². The van der Waals surface area contributed by atoms with E-state index in [-0.39, 0.29) is 5.75 Å². The first-order chi connectivity index (χ1) is 9.11. The maximum absolute atomic E-state index is 9.99. The van der Waals surface area contributed by atoms with Crippen LogP contribution >= 0.6 is 11.6 Å². The topological polar surface area (TPSA) is 38.0 Å². The minimum atomic E-state index is 0.222. The molecule has 3 nitrogen and oxygen atoms in total. The number of aryl methyl sites for hydroxylation is 2. The van der Waals surface area contributed by atoms with Gasteiger partial charge in [0.2, 0.25) is 0 Å². The van der Waals surface area contributed by atoms with E-state index in [0.29, 0.717) is 10.6 Å². The first-order valence-corrected chi connectivity index (χ1v) is 7.01. The minimum Gasteiger partial charge on any atom is -0.507 e. The molecule has 1 aromatic heterocycles. The lowest BCUT2D eigenvalue weighted by molar-refractivity contribution is 0.477. The van der Waals surface area contributed by atoms with E-state index >= 15 is 0 Å². The minimum absolute atomic E-state index is 0.222. The molecule has 1 aromatic carbocycles. The van der Waals surface area contributed by atoms with Crippen molar-refractivity contribution >= 4 is 11.6 Å². The number of benzene rings is 1. The van der Waals surface area contributed by atoms with Gasteiger partial charge in [0, 0.05) is 23.8 Å². The highest BCUT2D eigenvalue weighted by Crippen LogP contribution is 2.33. The van der Waals surface area contributed by atoms with Crippen LogP contribution in [0.1, 0.15) is 31.7 Å². The van der Waals surface area contributed by atoms with Gasteiger partial charge in [0.05, 0.1) is 5.69 Å². The lowest BCUT2D eigenvalue weighted by atomic mass is 10.0. The van der Waals surface area contributed by atoms with E-state index < -0.39 is 0 Å². The number of phenolic OH excluding ortho intramolecular Hbond substituents is 1. The molecule has 0 atom stereocenters. The number of halogens is 1. The summed E-state index contributed by atoms with van der Waals surface area (Å²) >= 11 is 6.01. The number of nitrogens with zero attached hydrogens (tertiary/aromatic N) is 2. The van der Waals surface area contributed by atoms with Gasteiger partial charge in [-0.05, 0) is 36.6 Å². The van der Waals surface area contributed by atoms with Crippen LogP contribution in [0, 0.1) is 0 Å². The standard InChI is InChI=1S/C15H19ClN2O/c1-3-4-5-6-11-10-18(2)17-15(11)13-9-12(16)7-8-14(13)19/h7-10,19H,3-6H2,1-2H3. The molecule has 0 radical (unpaired) electrons. The number of phenols is 1. The SMILES string of the molecule is CCCCCc1cn(C)nc1-c1cc(Cl)ccc1O. The molecule has 0 fully saturated rings. The molecule has 0 aliphatic rings. The summed E-state index contributed by atoms with van der Waals surface area (Å²) in [5.74, 6) is 0.222. The average Bonchev–Trinajstić information content (AvgIpc) is 2.74. The molecule has 1 heterocycles. The zero-order chi connectivity index (χ0) is 13.8. The van der Waals surface area contributed by atoms with Crippen LogP contribution in [-0.4, -0.2) is 14.9 Å². The van der Waals surface area contributed by atoms with Crippen molar-refractivity contribution in [1.82, 2.24) is 9.78 Å². The van der Waals surface area contributed by atoms with Gasteiger partial charge in [0.1, 0.15) is 5.75 Å². The summed E-state index contributed by atoms with van der Waals surface area (Å²) in [6, 6.07) is 5.06. The third kappa shape index (κ3) is 3.29. The molecule has 0 bridgehead atoms. The van der Waals surface area contributed by atoms with Crippen LogP contribution in [0.2, 0.25) is 5.02 Å². The third-order valence-electron chi connectivity index (χ3n) is 3.17. The summed E-state index contributed by atoms with van der Waals surface area (Å²) in [6.45, 7) is 2.19. The molecule has 2 rings (SSSR count). The lowest BCUT2D eigenvalue weighted by Gasteiger charge is -2.05. The number of unbranched alkanes of at least 4 members (excludes halogenated alkanes) is 2. The monoisotopic (exact) mass is 278 g/mol. The Balaban J connectivity index is 2.35. The Morgan fingerprint density at radius 1 is 1.32 bits per heavy atom. The van der Waals surface area contributed by atoms with Crippen LogP contribution in [0.4, 0.5) is 0 Å². The number of hydrogen-bond acceptors (Lipinski definition) is 2. The molecule has 0 aliphatic carbocycles. The van der Waals surface area contributed by atoms with Gasteiger partial charge in [0.25, 0.3) is 0 Å². The van der Waals surface area contributed by atoms with E-state index in [1.54, 1.807) is 22.9 Å². The number of hydrogen-bond donors (Lipinski definition) is 1. The summed E-state index contributed by atoms with van der Waals surface area (Å²) in [4.78, 5) is 0. The summed E-state index contributed by atoms with van der Waals surface area (Å²) in [5.41, 5.74) is 2.70. The lowest BCUT2D eigenvalue weighted by Crippen LogP contribution is -1.89. The summed E-state index contributed by atoms with van der Waals surface area (Å²) in [7, 11) is 1.90. The predicted molar refractivity (Wildman–Crippen MR) is 78.5 cm³/mol. The molecule has 0 amide bonds. The number of aromatic hydroxyl groups is 1. The smallest absolute Gasteiger partial charge is 0.125 e. The molecule has 2 aromatic rings. The average molecular weight is 279 g/mol. The second-order valence-electron chi connectivity index (χ2n) is 4.80. The van der Waals surface area contributed by atoms with Crippen molar-refractivity contribution in [2.75, 3.05) is 0 Å². The first-order valence-electron chi connectivity index (χ1n) is 6.63. The normalized spacial score (nSPS) is 10.9. The Bertz CT molecular complexity index is 563. The summed E-state index contributed by atoms with van der Waals surface area (Å²) in [5, 5.41) is 15.1. The maximum Gasteiger partial charge on any atom is 0.125 e. The second kappa shape index (κ2) is 6.11. The highest BCUT2D eigenvalue weighted by atomic mass is 35.5. The Hall–Kier alpha value is -1.48. The number of aromatic nitrogens is 2. The second-order valence-corrected chi connectivity index (χ2v) is 5.23. The van der Waals surface area contributed by atoms with E-state index in [4.69, 9.17) is 11.6 Å². The largest absolute Gasteiger partial charge is 0.507 e. The maximum atomic E-state index is 9.99. The molecule has 0 saturated heterocycles. The van der Waals surface area contributed by atoms with Crippen LogP contribution in [-0.2, 0) is 13.5 Å². The van der Waals surface area contributed by atoms with E-state index in [2.05, 4.69) is 12.0 Å². The molecule has 19 heavy (non-hydrogen) atoms. The third-order valence-corrected chi connectivity index (χ3v) is 3.40. The van der Waals surface area contributed by atoms with Gasteiger partial charge >= 0.3 is 0 Å². The van der Waals surface area contributed by atoms with Crippen molar-refractivity contribution in [3.05, 3.63) is 35.0 Å². The molecule has 1 N–H and O–H groups in total. The Labute approximate surface area is 118 Å². The van der Waals surface area contributed by atoms with E-state index in [1.165, 1.54) is 12.8 Å². The fraction of sp³-hybridized carbons (Fsp3) is 0.400. The van der Waals surface area contributed by atoms with Gasteiger partial charge in [-0.15, -0.1) is 0 Å². The number of rotatable bonds is 5. The molecule has 0 spiro atoms. The molecular formula is C15H19ClN2O. The van der Waals surface area contributed by atoms with Crippen molar-refractivity contribution in [2.45, 2.75) is 32.6 Å². The van der Waals surface area contributed by atoms with Crippen molar-refractivity contribution in [3.63, 3.8) is 0 Å². The van der Waals surface area contributed by atoms with E-state index in [1.807, 2.05) is 13.2 Å². The van der Waals surface area contributed by atoms with Gasteiger partial charge in [0.15, 0.2) is 0 Å². The fourth-order valence-corrected chi connectivity index (χ4v) is 2.38. The van der Waals surface area contributed by atoms with Gasteiger partial charge in [-0.1, -0.05) is 31.4 Å². The zero-order valence-electron chi connectivity index (χ0n) is 11.4. The van der Waals surface area contributed by atoms with Crippen molar-refractivity contribution in [1.29, 1.82) is 0 Å². The molecule has 102 valence electrons. The fourth-order valence-electron chi connectivity index (χ4n) is 2.21. The Morgan fingerprint density at radius 3 is 2.84 bits per heavy atom. The predicted octanol–water partition coefficient (Wildman–Crippen LogP) is 4.18. The van der Waals surface area contributed by atoms with Crippen LogP contribution in [0.3, 0.4) is 0 Å². The van der Waals surface area contributed by atoms with Crippen molar-refractivity contribution < 1.29 is 5.11 Å². The Morgan fingerprint density at radius 2 is 2.11 bits per heavy atom. The van der Waals surface area contributed by atoms with Crippen LogP contribution in [0.25, 0.3) is 11.3 Å². The highest BCUT2D eigenvalue weighted by molar-refractivity contribution is 6.30. The van der Waals surface area contributed by atoms with Crippen LogP contribution < -0.4 is 0 Å². The quantitative estimate of drug-likeness (QED) is 0.833. The molecular weight excluding hydrogens is 260 g/mol. The summed E-state index contributed by atoms with van der Waals surface area (Å²) < 4.78 is 1.79. The van der Waals surface area contributed by atoms with Crippen LogP contribution in [0.5, 0.6) is 5.75 Å². The molecule has 0 saturated carbocycles. The van der Waals surface area contributed by atoms with Gasteiger partial charge < -0.3 is 5.11 Å². The van der Waals surface area contributed by atoms with Crippen molar-refractivity contribution in [2.24, 2.45) is 7.05 Å². The van der Waals surface area contributed by atoms with Crippen LogP contribution in [0.15, 0.2) is 24.4 Å². The van der Waals surface area contributed by atoms with E-state index in [9.17, 15) is 5.11 Å². The van der Waals surface area contributed by atoms with Gasteiger partial charge in [-0.3, -0.25) is 4.68 Å². The molecule has 0 aliphatic heterocycles. The van der Waals surface area contributed by atoms with Gasteiger partial charge in [-0.25, -0.2) is 0 Å². The Kier molecular flexibility index (Phi) is 4.48. The highest BCUT2D eigenvalue weighted by Gasteiger charge is 2.14. The summed E-state index contributed by atoms with van der Waals surface area (Å²) in [6.07, 6.45) is 6.53. The van der Waals surface area contributed by atoms with Gasteiger partial charge in [-0.2, -0.15) is 5.10 Å². The molecule has 0 unspecified atom stereocenters. The van der Waals surface area contributed by atoms with E-state index in [0.717, 1.165) is 24.1 Å². The first kappa shape index (κ1) is 13.9. The zero-order valence-corrected chi connectivity index (χ0v) is 12.1. The molecule has 4 heteroatoms.